The molecule has 2 N–H and O–H groups in total. The van der Waals surface area contributed by atoms with Gasteiger partial charge < -0.3 is 14.8 Å². The largest absolute Gasteiger partial charge is 0.503 e. The van der Waals surface area contributed by atoms with Crippen LogP contribution in [0.15, 0.2) is 47.4 Å². The third kappa shape index (κ3) is 2.41. The van der Waals surface area contributed by atoms with Gasteiger partial charge in [-0.25, -0.2) is 0 Å². The molecule has 0 aliphatic heterocycles. The van der Waals surface area contributed by atoms with Gasteiger partial charge in [-0.1, -0.05) is 30.3 Å². The van der Waals surface area contributed by atoms with Gasteiger partial charge in [0.05, 0.1) is 0 Å². The van der Waals surface area contributed by atoms with Crippen molar-refractivity contribution < 1.29 is 15.0 Å². The van der Waals surface area contributed by atoms with E-state index >= 15 is 0 Å². The lowest BCUT2D eigenvalue weighted by Gasteiger charge is -2.16. The first-order valence-electron chi connectivity index (χ1n) is 5.74. The second kappa shape index (κ2) is 5.07. The molecule has 0 bridgehead atoms. The molecule has 0 spiro atoms. The van der Waals surface area contributed by atoms with Crippen molar-refractivity contribution >= 4 is 5.78 Å². The Hall–Kier alpha value is -2.40. The highest BCUT2D eigenvalue weighted by atomic mass is 16.3. The zero-order chi connectivity index (χ0) is 14.0. The number of hydrogen-bond acceptors (Lipinski definition) is 4. The van der Waals surface area contributed by atoms with Crippen LogP contribution < -0.4 is 5.43 Å². The van der Waals surface area contributed by atoms with Crippen molar-refractivity contribution in [3.8, 4) is 5.75 Å². The second-order valence-corrected chi connectivity index (χ2v) is 4.11. The Morgan fingerprint density at radius 1 is 1.21 bits per heavy atom. The molecule has 0 aliphatic rings. The Bertz CT molecular complexity index is 659. The van der Waals surface area contributed by atoms with Gasteiger partial charge in [0.1, 0.15) is 11.9 Å². The molecule has 2 rings (SSSR count). The van der Waals surface area contributed by atoms with Crippen molar-refractivity contribution in [3.05, 3.63) is 64.1 Å². The standard InChI is InChI=1S/C14H13NO4/c1-9(16)15-8-7-11(17)14(19)12(15)13(18)10-5-3-2-4-6-10/h2-9,16,19H,1H3. The molecule has 1 aromatic heterocycles. The van der Waals surface area contributed by atoms with Crippen molar-refractivity contribution in [3.63, 3.8) is 0 Å². The molecule has 5 nitrogen and oxygen atoms in total. The van der Waals surface area contributed by atoms with E-state index in [-0.39, 0.29) is 5.69 Å². The third-order valence-electron chi connectivity index (χ3n) is 2.76. The van der Waals surface area contributed by atoms with E-state index in [9.17, 15) is 19.8 Å². The zero-order valence-electron chi connectivity index (χ0n) is 10.3. The summed E-state index contributed by atoms with van der Waals surface area (Å²) in [6, 6.07) is 9.36. The van der Waals surface area contributed by atoms with Crippen LogP contribution in [0, 0.1) is 0 Å². The van der Waals surface area contributed by atoms with E-state index in [1.807, 2.05) is 0 Å². The number of aromatic nitrogens is 1. The lowest BCUT2D eigenvalue weighted by atomic mass is 10.1. The molecular weight excluding hydrogens is 246 g/mol. The highest BCUT2D eigenvalue weighted by Gasteiger charge is 2.21. The van der Waals surface area contributed by atoms with Crippen LogP contribution in [0.25, 0.3) is 0 Å². The minimum atomic E-state index is -1.03. The molecule has 5 heteroatoms. The molecular formula is C14H13NO4. The average Bonchev–Trinajstić information content (AvgIpc) is 2.41. The number of nitrogens with zero attached hydrogens (tertiary/aromatic N) is 1. The average molecular weight is 259 g/mol. The summed E-state index contributed by atoms with van der Waals surface area (Å²) in [6.45, 7) is 1.44. The fraction of sp³-hybridized carbons (Fsp3) is 0.143. The highest BCUT2D eigenvalue weighted by molar-refractivity contribution is 6.09. The smallest absolute Gasteiger partial charge is 0.223 e. The summed E-state index contributed by atoms with van der Waals surface area (Å²) < 4.78 is 1.16. The number of rotatable bonds is 3. The number of hydrogen-bond donors (Lipinski definition) is 2. The van der Waals surface area contributed by atoms with Gasteiger partial charge in [-0.3, -0.25) is 9.59 Å². The molecule has 19 heavy (non-hydrogen) atoms. The number of aliphatic hydroxyl groups is 1. The number of aromatic hydroxyl groups is 1. The molecule has 0 aliphatic carbocycles. The van der Waals surface area contributed by atoms with Crippen LogP contribution in [-0.4, -0.2) is 20.6 Å². The monoisotopic (exact) mass is 259 g/mol. The predicted molar refractivity (Wildman–Crippen MR) is 69.2 cm³/mol. The van der Waals surface area contributed by atoms with Gasteiger partial charge in [-0.15, -0.1) is 0 Å². The maximum atomic E-state index is 12.3. The summed E-state index contributed by atoms with van der Waals surface area (Å²) in [4.78, 5) is 23.8. The lowest BCUT2D eigenvalue weighted by Crippen LogP contribution is -2.20. The Balaban J connectivity index is 2.65. The fourth-order valence-electron chi connectivity index (χ4n) is 1.80. The molecule has 98 valence electrons. The summed E-state index contributed by atoms with van der Waals surface area (Å²) in [6.07, 6.45) is 0.247. The van der Waals surface area contributed by atoms with Crippen LogP contribution in [-0.2, 0) is 0 Å². The van der Waals surface area contributed by atoms with Gasteiger partial charge in [0.15, 0.2) is 5.75 Å². The number of carbonyl (C=O) groups excluding carboxylic acids is 1. The van der Waals surface area contributed by atoms with Crippen LogP contribution in [0.4, 0.5) is 0 Å². The minimum Gasteiger partial charge on any atom is -0.503 e. The summed E-state index contributed by atoms with van der Waals surface area (Å²) in [5.41, 5.74) is -0.539. The molecule has 1 unspecified atom stereocenters. The van der Waals surface area contributed by atoms with Crippen LogP contribution in [0.1, 0.15) is 29.2 Å². The molecule has 1 atom stereocenters. The van der Waals surface area contributed by atoms with Crippen LogP contribution >= 0.6 is 0 Å². The van der Waals surface area contributed by atoms with E-state index in [0.717, 1.165) is 10.6 Å². The van der Waals surface area contributed by atoms with Crippen molar-refractivity contribution in [2.24, 2.45) is 0 Å². The van der Waals surface area contributed by atoms with E-state index in [1.54, 1.807) is 30.3 Å². The summed E-state index contributed by atoms with van der Waals surface area (Å²) in [5.74, 6) is -1.17. The van der Waals surface area contributed by atoms with Gasteiger partial charge in [-0.2, -0.15) is 0 Å². The Kier molecular flexibility index (Phi) is 3.48. The van der Waals surface area contributed by atoms with E-state index in [1.165, 1.54) is 13.1 Å². The molecule has 0 radical (unpaired) electrons. The van der Waals surface area contributed by atoms with Crippen LogP contribution in [0.5, 0.6) is 5.75 Å². The Morgan fingerprint density at radius 2 is 1.84 bits per heavy atom. The Morgan fingerprint density at radius 3 is 2.42 bits per heavy atom. The SMILES string of the molecule is CC(O)n1ccc(=O)c(O)c1C(=O)c1ccccc1. The highest BCUT2D eigenvalue weighted by Crippen LogP contribution is 2.19. The summed E-state index contributed by atoms with van der Waals surface area (Å²) in [7, 11) is 0. The number of ketones is 1. The van der Waals surface area contributed by atoms with Gasteiger partial charge in [0.2, 0.25) is 11.2 Å². The van der Waals surface area contributed by atoms with Crippen LogP contribution in [0.3, 0.4) is 0 Å². The van der Waals surface area contributed by atoms with Gasteiger partial charge in [0.25, 0.3) is 0 Å². The van der Waals surface area contributed by atoms with Gasteiger partial charge in [-0.05, 0) is 6.92 Å². The molecule has 1 aromatic carbocycles. The number of carbonyl (C=O) groups is 1. The quantitative estimate of drug-likeness (QED) is 0.814. The molecule has 0 fully saturated rings. The first kappa shape index (κ1) is 13.0. The van der Waals surface area contributed by atoms with E-state index in [2.05, 4.69) is 0 Å². The summed E-state index contributed by atoms with van der Waals surface area (Å²) in [5, 5.41) is 19.4. The van der Waals surface area contributed by atoms with E-state index in [0.29, 0.717) is 5.56 Å². The number of pyridine rings is 1. The first-order chi connectivity index (χ1) is 9.02. The fourth-order valence-corrected chi connectivity index (χ4v) is 1.80. The van der Waals surface area contributed by atoms with E-state index in [4.69, 9.17) is 0 Å². The van der Waals surface area contributed by atoms with Crippen LogP contribution in [0.2, 0.25) is 0 Å². The zero-order valence-corrected chi connectivity index (χ0v) is 10.3. The third-order valence-corrected chi connectivity index (χ3v) is 2.76. The maximum absolute atomic E-state index is 12.3. The normalized spacial score (nSPS) is 12.1. The van der Waals surface area contributed by atoms with Crippen molar-refractivity contribution in [1.82, 2.24) is 4.57 Å². The summed E-state index contributed by atoms with van der Waals surface area (Å²) >= 11 is 0. The van der Waals surface area contributed by atoms with E-state index < -0.39 is 23.2 Å². The number of aliphatic hydroxyl groups excluding tert-OH is 1. The topological polar surface area (TPSA) is 79.5 Å². The van der Waals surface area contributed by atoms with Crippen molar-refractivity contribution in [1.29, 1.82) is 0 Å². The molecule has 0 saturated heterocycles. The second-order valence-electron chi connectivity index (χ2n) is 4.11. The molecule has 0 amide bonds. The predicted octanol–water partition coefficient (Wildman–Crippen LogP) is 1.30. The number of benzene rings is 1. The molecule has 0 saturated carbocycles. The first-order valence-corrected chi connectivity index (χ1v) is 5.74. The molecule has 1 heterocycles. The van der Waals surface area contributed by atoms with Gasteiger partial charge >= 0.3 is 0 Å². The maximum Gasteiger partial charge on any atom is 0.223 e. The molecule has 2 aromatic rings. The lowest BCUT2D eigenvalue weighted by molar-refractivity contribution is 0.0951. The Labute approximate surface area is 109 Å². The minimum absolute atomic E-state index is 0.214. The van der Waals surface area contributed by atoms with Crippen molar-refractivity contribution in [2.75, 3.05) is 0 Å². The van der Waals surface area contributed by atoms with Gasteiger partial charge in [0, 0.05) is 17.8 Å². The van der Waals surface area contributed by atoms with Crippen molar-refractivity contribution in [2.45, 2.75) is 13.2 Å².